The zero-order chi connectivity index (χ0) is 10.4. The van der Waals surface area contributed by atoms with E-state index < -0.39 is 0 Å². The van der Waals surface area contributed by atoms with Gasteiger partial charge >= 0.3 is 0 Å². The maximum absolute atomic E-state index is 8.79. The smallest absolute Gasteiger partial charge is 0.100 e. The van der Waals surface area contributed by atoms with Gasteiger partial charge in [0.1, 0.15) is 6.07 Å². The Morgan fingerprint density at radius 2 is 2.21 bits per heavy atom. The van der Waals surface area contributed by atoms with Gasteiger partial charge in [-0.2, -0.15) is 5.26 Å². The van der Waals surface area contributed by atoms with Crippen molar-refractivity contribution in [1.29, 1.82) is 5.26 Å². The second kappa shape index (κ2) is 5.29. The fourth-order valence-corrected chi connectivity index (χ4v) is 1.12. The molecule has 70 valence electrons. The lowest BCUT2D eigenvalue weighted by Crippen LogP contribution is -2.04. The Hall–Kier alpha value is -1.48. The third kappa shape index (κ3) is 2.78. The Bertz CT molecular complexity index is 421. The van der Waals surface area contributed by atoms with Crippen molar-refractivity contribution in [3.8, 4) is 17.9 Å². The summed E-state index contributed by atoms with van der Waals surface area (Å²) in [6.45, 7) is 0.595. The van der Waals surface area contributed by atoms with Gasteiger partial charge in [0.15, 0.2) is 0 Å². The van der Waals surface area contributed by atoms with Crippen molar-refractivity contribution in [2.75, 3.05) is 13.6 Å². The van der Waals surface area contributed by atoms with E-state index in [-0.39, 0.29) is 0 Å². The molecule has 1 aromatic carbocycles. The van der Waals surface area contributed by atoms with Crippen molar-refractivity contribution in [2.24, 2.45) is 0 Å². The van der Waals surface area contributed by atoms with Crippen LogP contribution < -0.4 is 5.32 Å². The minimum Gasteiger partial charge on any atom is -0.309 e. The fourth-order valence-electron chi connectivity index (χ4n) is 0.945. The van der Waals surface area contributed by atoms with E-state index in [0.29, 0.717) is 22.7 Å². The number of benzene rings is 1. The molecule has 0 bridgehead atoms. The average Bonchev–Trinajstić information content (AvgIpc) is 2.19. The Morgan fingerprint density at radius 3 is 2.86 bits per heavy atom. The van der Waals surface area contributed by atoms with Crippen LogP contribution in [0.15, 0.2) is 18.2 Å². The second-order valence-electron chi connectivity index (χ2n) is 2.63. The number of halogens is 1. The lowest BCUT2D eigenvalue weighted by molar-refractivity contribution is 0.938. The SMILES string of the molecule is CNCC#Cc1cc(Cl)ccc1C#N. The van der Waals surface area contributed by atoms with Crippen LogP contribution in [0.5, 0.6) is 0 Å². The maximum atomic E-state index is 8.79. The predicted octanol–water partition coefficient (Wildman–Crippen LogP) is 1.78. The molecule has 0 unspecified atom stereocenters. The fraction of sp³-hybridized carbons (Fsp3) is 0.182. The van der Waals surface area contributed by atoms with Crippen LogP contribution in [0.3, 0.4) is 0 Å². The molecule has 0 radical (unpaired) electrons. The molecule has 1 aromatic rings. The topological polar surface area (TPSA) is 35.8 Å². The Labute approximate surface area is 88.5 Å². The minimum atomic E-state index is 0.554. The van der Waals surface area contributed by atoms with Gasteiger partial charge in [-0.25, -0.2) is 0 Å². The van der Waals surface area contributed by atoms with Crippen molar-refractivity contribution in [1.82, 2.24) is 5.32 Å². The van der Waals surface area contributed by atoms with Crippen molar-refractivity contribution < 1.29 is 0 Å². The van der Waals surface area contributed by atoms with Gasteiger partial charge in [-0.15, -0.1) is 0 Å². The summed E-state index contributed by atoms with van der Waals surface area (Å²) in [6.07, 6.45) is 0. The minimum absolute atomic E-state index is 0.554. The van der Waals surface area contributed by atoms with Crippen LogP contribution >= 0.6 is 11.6 Å². The standard InChI is InChI=1S/C11H9ClN2/c1-14-6-2-3-9-7-11(12)5-4-10(9)8-13/h4-5,7,14H,6H2,1H3. The summed E-state index contributed by atoms with van der Waals surface area (Å²) in [5.41, 5.74) is 1.23. The molecule has 0 atom stereocenters. The molecule has 3 heteroatoms. The number of hydrogen-bond acceptors (Lipinski definition) is 2. The molecule has 0 aliphatic carbocycles. The van der Waals surface area contributed by atoms with E-state index in [4.69, 9.17) is 16.9 Å². The van der Waals surface area contributed by atoms with E-state index in [2.05, 4.69) is 23.2 Å². The Morgan fingerprint density at radius 1 is 1.43 bits per heavy atom. The molecule has 0 saturated heterocycles. The molecule has 1 N–H and O–H groups in total. The molecule has 0 aromatic heterocycles. The highest BCUT2D eigenvalue weighted by Crippen LogP contribution is 2.14. The van der Waals surface area contributed by atoms with E-state index in [9.17, 15) is 0 Å². The highest BCUT2D eigenvalue weighted by molar-refractivity contribution is 6.30. The first-order valence-electron chi connectivity index (χ1n) is 4.11. The quantitative estimate of drug-likeness (QED) is 0.708. The van der Waals surface area contributed by atoms with Gasteiger partial charge in [-0.3, -0.25) is 0 Å². The van der Waals surface area contributed by atoms with Gasteiger partial charge in [-0.05, 0) is 25.2 Å². The zero-order valence-electron chi connectivity index (χ0n) is 7.76. The summed E-state index contributed by atoms with van der Waals surface area (Å²) in [5, 5.41) is 12.3. The van der Waals surface area contributed by atoms with Crippen LogP contribution in [0.1, 0.15) is 11.1 Å². The van der Waals surface area contributed by atoms with Crippen LogP contribution in [-0.2, 0) is 0 Å². The van der Waals surface area contributed by atoms with Gasteiger partial charge in [0.25, 0.3) is 0 Å². The monoisotopic (exact) mass is 204 g/mol. The van der Waals surface area contributed by atoms with E-state index in [1.165, 1.54) is 0 Å². The summed E-state index contributed by atoms with van der Waals surface area (Å²) >= 11 is 5.79. The lowest BCUT2D eigenvalue weighted by atomic mass is 10.1. The van der Waals surface area contributed by atoms with Crippen LogP contribution in [0, 0.1) is 23.2 Å². The molecule has 0 amide bonds. The summed E-state index contributed by atoms with van der Waals surface area (Å²) in [4.78, 5) is 0. The molecule has 0 fully saturated rings. The van der Waals surface area contributed by atoms with E-state index in [1.54, 1.807) is 18.2 Å². The van der Waals surface area contributed by atoms with E-state index in [0.717, 1.165) is 0 Å². The highest BCUT2D eigenvalue weighted by atomic mass is 35.5. The molecular formula is C11H9ClN2. The summed E-state index contributed by atoms with van der Waals surface area (Å²) in [5.74, 6) is 5.77. The van der Waals surface area contributed by atoms with Gasteiger partial charge < -0.3 is 5.32 Å². The maximum Gasteiger partial charge on any atom is 0.100 e. The largest absolute Gasteiger partial charge is 0.309 e. The molecule has 0 aliphatic rings. The number of nitriles is 1. The normalized spacial score (nSPS) is 8.64. The third-order valence-corrected chi connectivity index (χ3v) is 1.83. The molecule has 0 saturated carbocycles. The van der Waals surface area contributed by atoms with Crippen molar-refractivity contribution >= 4 is 11.6 Å². The zero-order valence-corrected chi connectivity index (χ0v) is 8.52. The van der Waals surface area contributed by atoms with Crippen LogP contribution in [0.2, 0.25) is 5.02 Å². The average molecular weight is 205 g/mol. The van der Waals surface area contributed by atoms with Gasteiger partial charge in [0, 0.05) is 10.6 Å². The van der Waals surface area contributed by atoms with E-state index >= 15 is 0 Å². The van der Waals surface area contributed by atoms with Crippen LogP contribution in [-0.4, -0.2) is 13.6 Å². The summed E-state index contributed by atoms with van der Waals surface area (Å²) in [7, 11) is 1.82. The third-order valence-electron chi connectivity index (χ3n) is 1.59. The molecule has 2 nitrogen and oxygen atoms in total. The van der Waals surface area contributed by atoms with Gasteiger partial charge in [0.05, 0.1) is 12.1 Å². The molecular weight excluding hydrogens is 196 g/mol. The molecule has 0 spiro atoms. The summed E-state index contributed by atoms with van der Waals surface area (Å²) in [6, 6.07) is 7.12. The van der Waals surface area contributed by atoms with Crippen molar-refractivity contribution in [2.45, 2.75) is 0 Å². The van der Waals surface area contributed by atoms with Crippen molar-refractivity contribution in [3.05, 3.63) is 34.3 Å². The number of nitrogens with one attached hydrogen (secondary N) is 1. The first-order valence-corrected chi connectivity index (χ1v) is 4.49. The second-order valence-corrected chi connectivity index (χ2v) is 3.07. The molecule has 1 rings (SSSR count). The Kier molecular flexibility index (Phi) is 4.01. The van der Waals surface area contributed by atoms with E-state index in [1.807, 2.05) is 7.05 Å². The number of nitrogens with zero attached hydrogens (tertiary/aromatic N) is 1. The van der Waals surface area contributed by atoms with Crippen LogP contribution in [0.4, 0.5) is 0 Å². The molecule has 14 heavy (non-hydrogen) atoms. The first-order chi connectivity index (χ1) is 6.77. The number of hydrogen-bond donors (Lipinski definition) is 1. The number of rotatable bonds is 1. The summed E-state index contributed by atoms with van der Waals surface area (Å²) < 4.78 is 0. The van der Waals surface area contributed by atoms with Gasteiger partial charge in [0.2, 0.25) is 0 Å². The molecule has 0 heterocycles. The molecule has 0 aliphatic heterocycles. The lowest BCUT2D eigenvalue weighted by Gasteiger charge is -1.95. The highest BCUT2D eigenvalue weighted by Gasteiger charge is 1.98. The van der Waals surface area contributed by atoms with Crippen LogP contribution in [0.25, 0.3) is 0 Å². The Balaban J connectivity index is 3.02. The first kappa shape index (κ1) is 10.6. The van der Waals surface area contributed by atoms with Gasteiger partial charge in [-0.1, -0.05) is 23.4 Å². The predicted molar refractivity (Wildman–Crippen MR) is 57.0 cm³/mol. The van der Waals surface area contributed by atoms with Crippen molar-refractivity contribution in [3.63, 3.8) is 0 Å².